The quantitative estimate of drug-likeness (QED) is 0.0242. The summed E-state index contributed by atoms with van der Waals surface area (Å²) >= 11 is 0. The molecule has 4 aromatic carbocycles. The summed E-state index contributed by atoms with van der Waals surface area (Å²) in [5.41, 5.74) is 20.7. The minimum Gasteiger partial charge on any atom is -0.127 e. The van der Waals surface area contributed by atoms with Gasteiger partial charge in [-0.05, 0) is 158 Å². The van der Waals surface area contributed by atoms with Crippen molar-refractivity contribution in [3.63, 3.8) is 0 Å². The zero-order valence-corrected chi connectivity index (χ0v) is 61.4. The molecule has 0 aliphatic rings. The molecule has 482 valence electrons. The first-order valence-corrected chi connectivity index (χ1v) is 43.4. The van der Waals surface area contributed by atoms with E-state index in [0.29, 0.717) is 5.56 Å². The van der Waals surface area contributed by atoms with E-state index >= 15 is 0 Å². The molecule has 92 heavy (non-hydrogen) atoms. The van der Waals surface area contributed by atoms with Crippen LogP contribution in [0.15, 0.2) is 60.7 Å². The van der Waals surface area contributed by atoms with E-state index in [1.165, 1.54) is 202 Å². The first kappa shape index (κ1) is 77.4. The molecule has 0 spiro atoms. The average molecular weight is 1250 g/mol. The maximum Gasteiger partial charge on any atom is 0.129 e. The van der Waals surface area contributed by atoms with Gasteiger partial charge in [-0.25, -0.2) is 0 Å². The fourth-order valence-corrected chi connectivity index (χ4v) is 12.3. The van der Waals surface area contributed by atoms with Crippen molar-refractivity contribution in [1.29, 1.82) is 0 Å². The highest BCUT2D eigenvalue weighted by atomic mass is 28.3. The molecule has 0 saturated carbocycles. The molecule has 2 heteroatoms. The Morgan fingerprint density at radius 3 is 0.826 bits per heavy atom. The second kappa shape index (κ2) is 46.9. The van der Waals surface area contributed by atoms with Crippen LogP contribution in [0, 0.1) is 119 Å². The van der Waals surface area contributed by atoms with Crippen molar-refractivity contribution in [2.45, 2.75) is 298 Å². The number of unbranched alkanes of at least 4 members (excludes halogenated alkanes) is 28. The van der Waals surface area contributed by atoms with Crippen LogP contribution in [0.25, 0.3) is 0 Å². The summed E-state index contributed by atoms with van der Waals surface area (Å²) in [4.78, 5) is 0. The van der Waals surface area contributed by atoms with E-state index < -0.39 is 16.1 Å². The third-order valence-corrected chi connectivity index (χ3v) is 18.4. The third-order valence-electron chi connectivity index (χ3n) is 16.7. The van der Waals surface area contributed by atoms with Crippen molar-refractivity contribution in [2.24, 2.45) is 0 Å². The Hall–Kier alpha value is -7.09. The SMILES string of the molecule is C#Cc1cc(C#CC#Cc2cc(CCCCCCCCCC)cc(C#CC#Cc3ccc(CCCCCCCCCC)c(C#C)c3)c2C#CC#Cc2c(C#C[Si](C)(C)C)cc(CCCCCCCCCC)cc2C#C[Si](C)(C)C)ccc1CCCCCCCCCC. The predicted molar refractivity (Wildman–Crippen MR) is 409 cm³/mol. The molecule has 0 saturated heterocycles. The van der Waals surface area contributed by atoms with Crippen LogP contribution in [0.5, 0.6) is 0 Å². The largest absolute Gasteiger partial charge is 0.129 e. The molecule has 0 aliphatic carbocycles. The van der Waals surface area contributed by atoms with Crippen LogP contribution < -0.4 is 0 Å². The predicted octanol–water partition coefficient (Wildman–Crippen LogP) is 23.0. The van der Waals surface area contributed by atoms with Gasteiger partial charge in [-0.1, -0.05) is 318 Å². The fraction of sp³-hybridized carbons (Fsp3) is 0.511. The standard InChI is InChI=1S/C90H114Si2/c1-13-19-23-27-31-35-39-43-55-79-73-85(59-49-47-53-77-63-65-83(81(17-5)71-77)57-45-41-37-33-29-25-21-15-3)89(86(74-79)60-50-48-54-78-64-66-84(82(18-6)72-78)58-46-42-38-34-30-26-22-16-4)61-51-52-62-90-87(67-69-91(7,8)9)75-80(76-88(90)68-70-92(10,11)12)56-44-40-36-32-28-24-20-14-2/h5-6,63-66,71-76H,13-16,19-46,55-58H2,1-4,7-12H3. The number of terminal acetylenes is 2. The molecule has 0 aromatic heterocycles. The van der Waals surface area contributed by atoms with Gasteiger partial charge in [0.25, 0.3) is 0 Å². The third kappa shape index (κ3) is 34.0. The van der Waals surface area contributed by atoms with Crippen LogP contribution in [-0.2, 0) is 25.7 Å². The maximum atomic E-state index is 6.11. The number of benzene rings is 4. The second-order valence-electron chi connectivity index (χ2n) is 27.6. The Bertz CT molecular complexity index is 3330. The summed E-state index contributed by atoms with van der Waals surface area (Å²) in [7, 11) is -3.49. The summed E-state index contributed by atoms with van der Waals surface area (Å²) in [5, 5.41) is 0. The van der Waals surface area contributed by atoms with Gasteiger partial charge in [0.2, 0.25) is 0 Å². The highest BCUT2D eigenvalue weighted by Gasteiger charge is 2.14. The summed E-state index contributed by atoms with van der Waals surface area (Å²) in [5.74, 6) is 53.3. The van der Waals surface area contributed by atoms with Crippen molar-refractivity contribution >= 4 is 16.1 Å². The first-order valence-electron chi connectivity index (χ1n) is 36.4. The van der Waals surface area contributed by atoms with Gasteiger partial charge in [0, 0.05) is 44.5 Å². The van der Waals surface area contributed by atoms with Crippen molar-refractivity contribution in [1.82, 2.24) is 0 Å². The normalized spacial score (nSPS) is 10.5. The van der Waals surface area contributed by atoms with E-state index in [1.54, 1.807) is 0 Å². The molecular formula is C90H114Si2. The monoisotopic (exact) mass is 1250 g/mol. The molecule has 0 fully saturated rings. The van der Waals surface area contributed by atoms with Crippen LogP contribution in [0.2, 0.25) is 39.3 Å². The molecule has 0 bridgehead atoms. The Morgan fingerprint density at radius 1 is 0.272 bits per heavy atom. The molecule has 4 aromatic rings. The highest BCUT2D eigenvalue weighted by molar-refractivity contribution is 6.84. The maximum absolute atomic E-state index is 6.11. The summed E-state index contributed by atoms with van der Waals surface area (Å²) in [6.45, 7) is 22.9. The topological polar surface area (TPSA) is 0 Å². The van der Waals surface area contributed by atoms with E-state index in [-0.39, 0.29) is 0 Å². The molecule has 0 atom stereocenters. The molecule has 0 aliphatic heterocycles. The highest BCUT2D eigenvalue weighted by Crippen LogP contribution is 2.24. The van der Waals surface area contributed by atoms with Crippen molar-refractivity contribution in [3.8, 4) is 119 Å². The Morgan fingerprint density at radius 2 is 0.533 bits per heavy atom. The van der Waals surface area contributed by atoms with Crippen LogP contribution in [-0.4, -0.2) is 16.1 Å². The number of aryl methyl sites for hydroxylation is 4. The van der Waals surface area contributed by atoms with Crippen molar-refractivity contribution in [2.75, 3.05) is 0 Å². The van der Waals surface area contributed by atoms with Gasteiger partial charge in [-0.3, -0.25) is 0 Å². The molecule has 0 unspecified atom stereocenters. The zero-order valence-electron chi connectivity index (χ0n) is 59.4. The lowest BCUT2D eigenvalue weighted by Gasteiger charge is -2.10. The molecule has 0 amide bonds. The van der Waals surface area contributed by atoms with Gasteiger partial charge in [0.05, 0.1) is 11.1 Å². The molecule has 0 N–H and O–H groups in total. The summed E-state index contributed by atoms with van der Waals surface area (Å²) in [6, 6.07) is 21.5. The molecule has 4 rings (SSSR count). The minimum atomic E-state index is -1.75. The van der Waals surface area contributed by atoms with Crippen molar-refractivity contribution in [3.05, 3.63) is 139 Å². The van der Waals surface area contributed by atoms with Crippen LogP contribution >= 0.6 is 0 Å². The van der Waals surface area contributed by atoms with Crippen LogP contribution in [0.4, 0.5) is 0 Å². The van der Waals surface area contributed by atoms with E-state index in [9.17, 15) is 0 Å². The fourth-order valence-electron chi connectivity index (χ4n) is 11.3. The van der Waals surface area contributed by atoms with Gasteiger partial charge in [-0.15, -0.1) is 23.9 Å². The van der Waals surface area contributed by atoms with E-state index in [4.69, 9.17) is 12.8 Å². The number of rotatable bonds is 36. The number of hydrogen-bond donors (Lipinski definition) is 0. The lowest BCUT2D eigenvalue weighted by Crippen LogP contribution is -2.16. The smallest absolute Gasteiger partial charge is 0.127 e. The summed E-state index contributed by atoms with van der Waals surface area (Å²) in [6.07, 6.45) is 56.9. The Balaban J connectivity index is 1.86. The van der Waals surface area contributed by atoms with Crippen molar-refractivity contribution < 1.29 is 0 Å². The zero-order chi connectivity index (χ0) is 66.3. The Labute approximate surface area is 567 Å². The second-order valence-corrected chi connectivity index (χ2v) is 37.1. The molecular weight excluding hydrogens is 1140 g/mol. The van der Waals surface area contributed by atoms with E-state index in [1.807, 2.05) is 12.1 Å². The average Bonchev–Trinajstić information content (AvgIpc) is 0.927. The van der Waals surface area contributed by atoms with Crippen LogP contribution in [0.1, 0.15) is 311 Å². The van der Waals surface area contributed by atoms with Gasteiger partial charge in [-0.2, -0.15) is 0 Å². The van der Waals surface area contributed by atoms with E-state index in [0.717, 1.165) is 101 Å². The molecule has 0 nitrogen and oxygen atoms in total. The summed E-state index contributed by atoms with van der Waals surface area (Å²) < 4.78 is 0. The first-order chi connectivity index (χ1) is 44.7. The minimum absolute atomic E-state index is 0.709. The van der Waals surface area contributed by atoms with Crippen LogP contribution in [0.3, 0.4) is 0 Å². The van der Waals surface area contributed by atoms with Gasteiger partial charge in [0.1, 0.15) is 16.1 Å². The lowest BCUT2D eigenvalue weighted by atomic mass is 9.94. The van der Waals surface area contributed by atoms with E-state index in [2.05, 4.69) is 221 Å². The molecule has 0 radical (unpaired) electrons. The van der Waals surface area contributed by atoms with Gasteiger partial charge >= 0.3 is 0 Å². The Kier molecular flexibility index (Phi) is 39.4. The van der Waals surface area contributed by atoms with Gasteiger partial charge in [0.15, 0.2) is 0 Å². The number of hydrogen-bond acceptors (Lipinski definition) is 0. The lowest BCUT2D eigenvalue weighted by molar-refractivity contribution is 0.575. The molecule has 0 heterocycles. The van der Waals surface area contributed by atoms with Gasteiger partial charge < -0.3 is 0 Å².